The van der Waals surface area contributed by atoms with Crippen molar-refractivity contribution >= 4 is 8.41 Å². The first kappa shape index (κ1) is 53.0. The molecule has 0 saturated carbocycles. The Hall–Kier alpha value is 0.753. The summed E-state index contributed by atoms with van der Waals surface area (Å²) in [6.07, 6.45) is 0. The van der Waals surface area contributed by atoms with Crippen LogP contribution in [0, 0.1) is 20.8 Å². The van der Waals surface area contributed by atoms with E-state index in [1.54, 1.807) is 0 Å². The predicted molar refractivity (Wildman–Crippen MR) is 45.8 cm³/mol. The van der Waals surface area contributed by atoms with Gasteiger partial charge >= 0.3 is 21.1 Å². The van der Waals surface area contributed by atoms with Gasteiger partial charge in [-0.1, -0.05) is 28.2 Å². The summed E-state index contributed by atoms with van der Waals surface area (Å²) in [5, 5.41) is 0. The molecule has 0 aliphatic rings. The normalized spacial score (nSPS) is 4.00. The van der Waals surface area contributed by atoms with Gasteiger partial charge in [0.15, 0.2) is 0 Å². The predicted octanol–water partition coefficient (Wildman–Crippen LogP) is 2.82. The molecule has 0 rings (SSSR count). The minimum atomic E-state index is 0. The van der Waals surface area contributed by atoms with Gasteiger partial charge in [-0.25, -0.2) is 0 Å². The van der Waals surface area contributed by atoms with E-state index in [-0.39, 0.29) is 51.8 Å². The summed E-state index contributed by atoms with van der Waals surface area (Å²) in [4.78, 5) is 0. The SMILES string of the molecule is C.CC(C)C.[B].[CH3-].[CH3-].[W+2]. The molecule has 0 aliphatic carbocycles. The Balaban J connectivity index is -0.00000000450. The van der Waals surface area contributed by atoms with Crippen molar-refractivity contribution in [3.8, 4) is 0 Å². The van der Waals surface area contributed by atoms with E-state index >= 15 is 0 Å². The monoisotopic (exact) mass is 299 g/mol. The maximum atomic E-state index is 2.17. The van der Waals surface area contributed by atoms with Crippen LogP contribution in [-0.4, -0.2) is 8.41 Å². The molecule has 0 aromatic rings. The summed E-state index contributed by atoms with van der Waals surface area (Å²) in [6, 6.07) is 0. The molecule has 0 fully saturated rings. The van der Waals surface area contributed by atoms with E-state index < -0.39 is 0 Å². The van der Waals surface area contributed by atoms with Crippen LogP contribution in [0.1, 0.15) is 28.2 Å². The van der Waals surface area contributed by atoms with Crippen molar-refractivity contribution in [1.82, 2.24) is 0 Å². The molecule has 2 heteroatoms. The topological polar surface area (TPSA) is 0 Å². The molecule has 0 aliphatic heterocycles. The number of hydrogen-bond donors (Lipinski definition) is 0. The fourth-order valence-corrected chi connectivity index (χ4v) is 0. The van der Waals surface area contributed by atoms with Crippen LogP contribution in [-0.2, 0) is 21.1 Å². The first-order valence-corrected chi connectivity index (χ1v) is 1.73. The van der Waals surface area contributed by atoms with Gasteiger partial charge in [0.2, 0.25) is 0 Å². The van der Waals surface area contributed by atoms with Crippen LogP contribution in [0.25, 0.3) is 0 Å². The molecule has 0 aromatic carbocycles. The molecule has 9 heavy (non-hydrogen) atoms. The van der Waals surface area contributed by atoms with Gasteiger partial charge in [0.25, 0.3) is 0 Å². The Labute approximate surface area is 78.7 Å². The quantitative estimate of drug-likeness (QED) is 0.476. The second kappa shape index (κ2) is 37.4. The Kier molecular flexibility index (Phi) is 220. The second-order valence-electron chi connectivity index (χ2n) is 1.73. The molecule has 57 valence electrons. The van der Waals surface area contributed by atoms with Crippen LogP contribution in [0.15, 0.2) is 0 Å². The van der Waals surface area contributed by atoms with Gasteiger partial charge in [-0.3, -0.25) is 0 Å². The van der Waals surface area contributed by atoms with Crippen molar-refractivity contribution in [3.63, 3.8) is 0 Å². The van der Waals surface area contributed by atoms with E-state index in [2.05, 4.69) is 20.8 Å². The van der Waals surface area contributed by atoms with Gasteiger partial charge in [-0.2, -0.15) is 0 Å². The van der Waals surface area contributed by atoms with E-state index in [1.165, 1.54) is 0 Å². The average Bonchev–Trinajstić information content (AvgIpc) is 0.811. The Morgan fingerprint density at radius 3 is 0.889 bits per heavy atom. The molecular formula is C7H20BW. The summed E-state index contributed by atoms with van der Waals surface area (Å²) in [7, 11) is 0. The van der Waals surface area contributed by atoms with Gasteiger partial charge in [0, 0.05) is 8.41 Å². The van der Waals surface area contributed by atoms with Crippen molar-refractivity contribution in [2.24, 2.45) is 5.92 Å². The van der Waals surface area contributed by atoms with E-state index in [4.69, 9.17) is 0 Å². The Morgan fingerprint density at radius 2 is 0.889 bits per heavy atom. The first-order chi connectivity index (χ1) is 1.73. The molecule has 0 spiro atoms. The van der Waals surface area contributed by atoms with Crippen LogP contribution in [0.3, 0.4) is 0 Å². The zero-order valence-electron chi connectivity index (χ0n) is 6.56. The standard InChI is InChI=1S/C4H10.CH4.2CH3.B.W/c1-4(2)3;;;;;/h4H,1-3H3;1H4;2*1H3;;/q;;2*-1;;+2. The van der Waals surface area contributed by atoms with Crippen molar-refractivity contribution in [2.75, 3.05) is 0 Å². The average molecular weight is 299 g/mol. The molecule has 3 radical (unpaired) electrons. The number of hydrogen-bond acceptors (Lipinski definition) is 0. The Bertz CT molecular complexity index is 13.6. The summed E-state index contributed by atoms with van der Waals surface area (Å²) >= 11 is 0. The second-order valence-corrected chi connectivity index (χ2v) is 1.73. The third kappa shape index (κ3) is 704. The molecular weight excluding hydrogens is 279 g/mol. The Morgan fingerprint density at radius 1 is 0.889 bits per heavy atom. The fraction of sp³-hybridized carbons (Fsp3) is 0.714. The molecule has 0 amide bonds. The largest absolute Gasteiger partial charge is 2.00 e. The third-order valence-electron chi connectivity index (χ3n) is 0. The van der Waals surface area contributed by atoms with Crippen LogP contribution in [0.5, 0.6) is 0 Å². The van der Waals surface area contributed by atoms with Crippen LogP contribution in [0.2, 0.25) is 0 Å². The van der Waals surface area contributed by atoms with Gasteiger partial charge in [0.1, 0.15) is 0 Å². The smallest absolute Gasteiger partial charge is 0.358 e. The molecule has 0 nitrogen and oxygen atoms in total. The summed E-state index contributed by atoms with van der Waals surface area (Å²) < 4.78 is 0. The summed E-state index contributed by atoms with van der Waals surface area (Å²) in [6.45, 7) is 6.50. The fourth-order valence-electron chi connectivity index (χ4n) is 0. The summed E-state index contributed by atoms with van der Waals surface area (Å²) in [5.74, 6) is 0.833. The van der Waals surface area contributed by atoms with Gasteiger partial charge in [-0.05, 0) is 5.92 Å². The van der Waals surface area contributed by atoms with Crippen molar-refractivity contribution in [3.05, 3.63) is 14.9 Å². The number of rotatable bonds is 0. The minimum Gasteiger partial charge on any atom is -0.358 e. The third-order valence-corrected chi connectivity index (χ3v) is 0. The maximum absolute atomic E-state index is 2.17. The first-order valence-electron chi connectivity index (χ1n) is 1.73. The molecule has 0 saturated heterocycles. The molecule has 0 unspecified atom stereocenters. The van der Waals surface area contributed by atoms with Gasteiger partial charge in [0.05, 0.1) is 0 Å². The molecule has 0 aromatic heterocycles. The zero-order valence-corrected chi connectivity index (χ0v) is 9.50. The van der Waals surface area contributed by atoms with Crippen molar-refractivity contribution in [2.45, 2.75) is 28.2 Å². The van der Waals surface area contributed by atoms with Crippen LogP contribution >= 0.6 is 0 Å². The van der Waals surface area contributed by atoms with Gasteiger partial charge < -0.3 is 14.9 Å². The van der Waals surface area contributed by atoms with E-state index in [9.17, 15) is 0 Å². The minimum absolute atomic E-state index is 0. The molecule has 0 N–H and O–H groups in total. The zero-order chi connectivity index (χ0) is 3.58. The maximum Gasteiger partial charge on any atom is 2.00 e. The van der Waals surface area contributed by atoms with E-state index in [1.807, 2.05) is 0 Å². The van der Waals surface area contributed by atoms with Crippen molar-refractivity contribution < 1.29 is 21.1 Å². The van der Waals surface area contributed by atoms with Crippen molar-refractivity contribution in [1.29, 1.82) is 0 Å². The van der Waals surface area contributed by atoms with Gasteiger partial charge in [-0.15, -0.1) is 0 Å². The summed E-state index contributed by atoms with van der Waals surface area (Å²) in [5.41, 5.74) is 0. The molecule has 0 heterocycles. The van der Waals surface area contributed by atoms with E-state index in [0.29, 0.717) is 0 Å². The van der Waals surface area contributed by atoms with Crippen LogP contribution in [0.4, 0.5) is 0 Å². The van der Waals surface area contributed by atoms with E-state index in [0.717, 1.165) is 5.92 Å². The molecule has 0 bridgehead atoms. The van der Waals surface area contributed by atoms with Crippen LogP contribution < -0.4 is 0 Å². The molecule has 0 atom stereocenters.